The average molecular weight is 369 g/mol. The number of thiazole rings is 1. The molecule has 0 spiro atoms. The van der Waals surface area contributed by atoms with Gasteiger partial charge in [-0.05, 0) is 31.5 Å². The highest BCUT2D eigenvalue weighted by atomic mass is 32.1. The number of amides is 1. The Kier molecular flexibility index (Phi) is 4.99. The molecule has 3 N–H and O–H groups in total. The van der Waals surface area contributed by atoms with Crippen LogP contribution in [0.1, 0.15) is 53.6 Å². The van der Waals surface area contributed by atoms with E-state index in [1.807, 2.05) is 18.2 Å². The van der Waals surface area contributed by atoms with Crippen molar-refractivity contribution in [2.24, 2.45) is 5.73 Å². The van der Waals surface area contributed by atoms with E-state index in [0.29, 0.717) is 30.6 Å². The summed E-state index contributed by atoms with van der Waals surface area (Å²) in [6.07, 6.45) is 6.67. The van der Waals surface area contributed by atoms with Gasteiger partial charge in [0.05, 0.1) is 16.0 Å². The lowest BCUT2D eigenvalue weighted by Gasteiger charge is -2.25. The summed E-state index contributed by atoms with van der Waals surface area (Å²) in [6.45, 7) is 0.534. The summed E-state index contributed by atoms with van der Waals surface area (Å²) < 4.78 is 2.21. The van der Waals surface area contributed by atoms with E-state index in [1.165, 1.54) is 30.6 Å². The number of nitrogens with zero attached hydrogens (tertiary/aromatic N) is 3. The monoisotopic (exact) mass is 369 g/mol. The van der Waals surface area contributed by atoms with Crippen molar-refractivity contribution in [1.82, 2.24) is 14.5 Å². The van der Waals surface area contributed by atoms with Crippen molar-refractivity contribution in [2.75, 3.05) is 11.9 Å². The summed E-state index contributed by atoms with van der Waals surface area (Å²) in [5.74, 6) is 0.411. The van der Waals surface area contributed by atoms with Gasteiger partial charge in [-0.3, -0.25) is 10.1 Å². The van der Waals surface area contributed by atoms with Crippen molar-refractivity contribution in [1.29, 1.82) is 0 Å². The predicted molar refractivity (Wildman–Crippen MR) is 105 cm³/mol. The lowest BCUT2D eigenvalue weighted by atomic mass is 9.95. The Morgan fingerprint density at radius 2 is 2.04 bits per heavy atom. The number of aromatic nitrogens is 3. The molecule has 1 aromatic carbocycles. The molecule has 7 heteroatoms. The maximum atomic E-state index is 12.7. The van der Waals surface area contributed by atoms with E-state index >= 15 is 0 Å². The van der Waals surface area contributed by atoms with Gasteiger partial charge in [-0.2, -0.15) is 0 Å². The minimum absolute atomic E-state index is 0.211. The number of para-hydroxylation sites is 2. The number of fused-ring (bicyclic) bond motifs is 1. The molecule has 136 valence electrons. The number of hydrogen-bond acceptors (Lipinski definition) is 5. The minimum atomic E-state index is -0.211. The molecule has 1 aliphatic carbocycles. The van der Waals surface area contributed by atoms with E-state index < -0.39 is 0 Å². The smallest absolute Gasteiger partial charge is 0.277 e. The minimum Gasteiger partial charge on any atom is -0.330 e. The molecule has 0 aliphatic heterocycles. The molecule has 1 amide bonds. The van der Waals surface area contributed by atoms with Crippen molar-refractivity contribution >= 4 is 34.2 Å². The van der Waals surface area contributed by atoms with Crippen LogP contribution < -0.4 is 11.1 Å². The van der Waals surface area contributed by atoms with Gasteiger partial charge in [-0.25, -0.2) is 9.97 Å². The molecule has 0 saturated heterocycles. The number of hydrogen-bond donors (Lipinski definition) is 2. The second-order valence-corrected chi connectivity index (χ2v) is 7.65. The zero-order chi connectivity index (χ0) is 17.9. The van der Waals surface area contributed by atoms with Gasteiger partial charge in [0.1, 0.15) is 5.69 Å². The quantitative estimate of drug-likeness (QED) is 0.717. The van der Waals surface area contributed by atoms with Gasteiger partial charge in [0.15, 0.2) is 0 Å². The second kappa shape index (κ2) is 7.55. The van der Waals surface area contributed by atoms with Gasteiger partial charge < -0.3 is 10.3 Å². The first-order chi connectivity index (χ1) is 12.8. The molecule has 3 aromatic rings. The average Bonchev–Trinajstić information content (AvgIpc) is 3.27. The number of nitrogens with one attached hydrogen (secondary N) is 1. The van der Waals surface area contributed by atoms with Crippen molar-refractivity contribution in [3.8, 4) is 0 Å². The molecule has 4 rings (SSSR count). The number of benzene rings is 1. The normalized spacial score (nSPS) is 15.4. The fraction of sp³-hybridized carbons (Fsp3) is 0.421. The first kappa shape index (κ1) is 17.2. The highest BCUT2D eigenvalue weighted by molar-refractivity contribution is 7.09. The molecule has 6 nitrogen and oxygen atoms in total. The van der Waals surface area contributed by atoms with E-state index in [0.717, 1.165) is 28.9 Å². The molecular weight excluding hydrogens is 346 g/mol. The van der Waals surface area contributed by atoms with Crippen LogP contribution in [0.2, 0.25) is 0 Å². The van der Waals surface area contributed by atoms with Crippen LogP contribution in [0.5, 0.6) is 0 Å². The maximum Gasteiger partial charge on any atom is 0.277 e. The summed E-state index contributed by atoms with van der Waals surface area (Å²) in [7, 11) is 0. The van der Waals surface area contributed by atoms with E-state index in [2.05, 4.69) is 25.9 Å². The van der Waals surface area contributed by atoms with Gasteiger partial charge in [0, 0.05) is 17.8 Å². The van der Waals surface area contributed by atoms with Crippen molar-refractivity contribution < 1.29 is 4.79 Å². The number of imidazole rings is 1. The number of rotatable bonds is 5. The lowest BCUT2D eigenvalue weighted by molar-refractivity contribution is 0.102. The van der Waals surface area contributed by atoms with Crippen molar-refractivity contribution in [3.05, 3.63) is 40.3 Å². The Morgan fingerprint density at radius 1 is 1.23 bits per heavy atom. The van der Waals surface area contributed by atoms with Crippen LogP contribution >= 0.6 is 11.3 Å². The van der Waals surface area contributed by atoms with Crippen LogP contribution in [0.4, 0.5) is 5.95 Å². The third-order valence-electron chi connectivity index (χ3n) is 4.90. The number of nitrogens with two attached hydrogens (primary N) is 1. The third-order valence-corrected chi connectivity index (χ3v) is 5.81. The summed E-state index contributed by atoms with van der Waals surface area (Å²) in [5.41, 5.74) is 7.99. The Labute approximate surface area is 156 Å². The van der Waals surface area contributed by atoms with Crippen molar-refractivity contribution in [3.63, 3.8) is 0 Å². The van der Waals surface area contributed by atoms with Crippen LogP contribution in [0.3, 0.4) is 0 Å². The molecule has 2 aromatic heterocycles. The largest absolute Gasteiger partial charge is 0.330 e. The molecule has 1 aliphatic rings. The zero-order valence-electron chi connectivity index (χ0n) is 14.6. The van der Waals surface area contributed by atoms with Gasteiger partial charge >= 0.3 is 0 Å². The summed E-state index contributed by atoms with van der Waals surface area (Å²) >= 11 is 1.47. The van der Waals surface area contributed by atoms with Gasteiger partial charge in [-0.15, -0.1) is 11.3 Å². The molecule has 1 fully saturated rings. The SMILES string of the molecule is NCCc1nc(C(=O)Nc2nc3ccccc3n2C2CCCCC2)cs1. The molecule has 0 unspecified atom stereocenters. The van der Waals surface area contributed by atoms with Crippen LogP contribution in [-0.2, 0) is 6.42 Å². The van der Waals surface area contributed by atoms with Crippen LogP contribution in [0.15, 0.2) is 29.6 Å². The number of anilines is 1. The van der Waals surface area contributed by atoms with E-state index in [4.69, 9.17) is 5.73 Å². The van der Waals surface area contributed by atoms with E-state index in [9.17, 15) is 4.79 Å². The molecule has 0 radical (unpaired) electrons. The standard InChI is InChI=1S/C19H23N5OS/c20-11-10-17-21-15(12-26-17)18(25)23-19-22-14-8-4-5-9-16(14)24(19)13-6-2-1-3-7-13/h4-5,8-9,12-13H,1-3,6-7,10-11,20H2,(H,22,23,25). The van der Waals surface area contributed by atoms with E-state index in [-0.39, 0.29) is 5.91 Å². The zero-order valence-corrected chi connectivity index (χ0v) is 15.5. The highest BCUT2D eigenvalue weighted by Gasteiger charge is 2.23. The Balaban J connectivity index is 1.65. The first-order valence-corrected chi connectivity index (χ1v) is 10.1. The number of carbonyl (C=O) groups is 1. The lowest BCUT2D eigenvalue weighted by Crippen LogP contribution is -2.20. The van der Waals surface area contributed by atoms with Gasteiger partial charge in [0.2, 0.25) is 5.95 Å². The maximum absolute atomic E-state index is 12.7. The van der Waals surface area contributed by atoms with Crippen LogP contribution in [-0.4, -0.2) is 27.0 Å². The van der Waals surface area contributed by atoms with Crippen LogP contribution in [0, 0.1) is 0 Å². The Hall–Kier alpha value is -2.25. The molecule has 1 saturated carbocycles. The summed E-state index contributed by atoms with van der Waals surface area (Å²) in [4.78, 5) is 21.8. The summed E-state index contributed by atoms with van der Waals surface area (Å²) in [6, 6.07) is 8.45. The first-order valence-electron chi connectivity index (χ1n) is 9.19. The fourth-order valence-corrected chi connectivity index (χ4v) is 4.45. The molecular formula is C19H23N5OS. The molecule has 0 atom stereocenters. The van der Waals surface area contributed by atoms with Crippen molar-refractivity contribution in [2.45, 2.75) is 44.6 Å². The van der Waals surface area contributed by atoms with E-state index in [1.54, 1.807) is 5.38 Å². The van der Waals surface area contributed by atoms with Gasteiger partial charge in [0.25, 0.3) is 5.91 Å². The van der Waals surface area contributed by atoms with Crippen LogP contribution in [0.25, 0.3) is 11.0 Å². The summed E-state index contributed by atoms with van der Waals surface area (Å²) in [5, 5.41) is 5.67. The fourth-order valence-electron chi connectivity index (χ4n) is 3.66. The molecule has 26 heavy (non-hydrogen) atoms. The topological polar surface area (TPSA) is 85.8 Å². The Morgan fingerprint density at radius 3 is 2.85 bits per heavy atom. The highest BCUT2D eigenvalue weighted by Crippen LogP contribution is 2.34. The second-order valence-electron chi connectivity index (χ2n) is 6.71. The number of carbonyl (C=O) groups excluding carboxylic acids is 1. The third kappa shape index (κ3) is 3.37. The Bertz CT molecular complexity index is 910. The molecule has 2 heterocycles. The van der Waals surface area contributed by atoms with Gasteiger partial charge in [-0.1, -0.05) is 31.4 Å². The predicted octanol–water partition coefficient (Wildman–Crippen LogP) is 3.75. The molecule has 0 bridgehead atoms.